The van der Waals surface area contributed by atoms with Crippen molar-refractivity contribution in [2.24, 2.45) is 11.8 Å². The van der Waals surface area contributed by atoms with Crippen LogP contribution in [0.5, 0.6) is 0 Å². The molecular formula is C28H34N2O5. The van der Waals surface area contributed by atoms with E-state index in [0.29, 0.717) is 31.8 Å². The molecule has 2 aromatic rings. The van der Waals surface area contributed by atoms with Crippen LogP contribution >= 0.6 is 0 Å². The predicted octanol–water partition coefficient (Wildman–Crippen LogP) is 4.65. The standard InChI is InChI=1S/C28H34N2O5/c1-18(2)14-19(15-26(31)30-13-7-12-25(30)27(32)33)16-29-28(34)35-17-24-22-10-5-3-8-20(22)21-9-4-6-11-23(21)24/h3-6,8-11,18-19,24-25H,7,12-17H2,1-2H3,(H,29,34)(H,32,33). The highest BCUT2D eigenvalue weighted by molar-refractivity contribution is 5.84. The molecule has 0 aromatic heterocycles. The van der Waals surface area contributed by atoms with Gasteiger partial charge in [0.15, 0.2) is 0 Å². The zero-order chi connectivity index (χ0) is 24.9. The van der Waals surface area contributed by atoms with Gasteiger partial charge in [0.1, 0.15) is 12.6 Å². The summed E-state index contributed by atoms with van der Waals surface area (Å²) in [4.78, 5) is 38.4. The number of carbonyl (C=O) groups excluding carboxylic acids is 2. The zero-order valence-corrected chi connectivity index (χ0v) is 20.4. The molecule has 1 saturated heterocycles. The molecule has 2 aromatic carbocycles. The lowest BCUT2D eigenvalue weighted by Gasteiger charge is -2.25. The van der Waals surface area contributed by atoms with Crippen LogP contribution in [-0.2, 0) is 14.3 Å². The molecule has 1 heterocycles. The number of benzene rings is 2. The number of alkyl carbamates (subject to hydrolysis) is 1. The largest absolute Gasteiger partial charge is 0.480 e. The van der Waals surface area contributed by atoms with Crippen LogP contribution in [0.4, 0.5) is 4.79 Å². The van der Waals surface area contributed by atoms with Crippen molar-refractivity contribution in [3.63, 3.8) is 0 Å². The van der Waals surface area contributed by atoms with Gasteiger partial charge in [-0.15, -0.1) is 0 Å². The van der Waals surface area contributed by atoms with Gasteiger partial charge in [-0.3, -0.25) is 4.79 Å². The van der Waals surface area contributed by atoms with E-state index in [1.165, 1.54) is 16.0 Å². The van der Waals surface area contributed by atoms with Crippen molar-refractivity contribution in [1.82, 2.24) is 10.2 Å². The molecule has 7 heteroatoms. The molecule has 0 bridgehead atoms. The minimum absolute atomic E-state index is 0.00990. The summed E-state index contributed by atoms with van der Waals surface area (Å²) < 4.78 is 5.63. The van der Waals surface area contributed by atoms with Gasteiger partial charge in [0, 0.05) is 25.4 Å². The summed E-state index contributed by atoms with van der Waals surface area (Å²) in [6.07, 6.45) is 1.66. The topological polar surface area (TPSA) is 95.9 Å². The van der Waals surface area contributed by atoms with Crippen LogP contribution in [0.1, 0.15) is 56.6 Å². The summed E-state index contributed by atoms with van der Waals surface area (Å²) in [5, 5.41) is 12.2. The summed E-state index contributed by atoms with van der Waals surface area (Å²) >= 11 is 0. The highest BCUT2D eigenvalue weighted by Crippen LogP contribution is 2.44. The summed E-state index contributed by atoms with van der Waals surface area (Å²) in [5.41, 5.74) is 4.66. The van der Waals surface area contributed by atoms with Gasteiger partial charge in [-0.25, -0.2) is 9.59 Å². The molecule has 2 atom stereocenters. The Bertz CT molecular complexity index is 1040. The molecule has 2 aliphatic rings. The zero-order valence-electron chi connectivity index (χ0n) is 20.4. The molecule has 2 unspecified atom stereocenters. The van der Waals surface area contributed by atoms with Crippen LogP contribution in [0.25, 0.3) is 11.1 Å². The van der Waals surface area contributed by atoms with Crippen LogP contribution in [0.15, 0.2) is 48.5 Å². The van der Waals surface area contributed by atoms with E-state index in [2.05, 4.69) is 43.4 Å². The number of carboxylic acids is 1. The van der Waals surface area contributed by atoms with E-state index in [4.69, 9.17) is 4.74 Å². The third-order valence-electron chi connectivity index (χ3n) is 7.00. The summed E-state index contributed by atoms with van der Waals surface area (Å²) in [5.74, 6) is -0.865. The van der Waals surface area contributed by atoms with E-state index >= 15 is 0 Å². The molecular weight excluding hydrogens is 444 g/mol. The fourth-order valence-electron chi connectivity index (χ4n) is 5.47. The Hall–Kier alpha value is -3.35. The molecule has 2 N–H and O–H groups in total. The van der Waals surface area contributed by atoms with Gasteiger partial charge >= 0.3 is 12.1 Å². The van der Waals surface area contributed by atoms with Gasteiger partial charge < -0.3 is 20.1 Å². The first kappa shape index (κ1) is 24.8. The van der Waals surface area contributed by atoms with Crippen molar-refractivity contribution in [3.8, 4) is 11.1 Å². The molecule has 7 nitrogen and oxygen atoms in total. The highest BCUT2D eigenvalue weighted by Gasteiger charge is 2.35. The van der Waals surface area contributed by atoms with E-state index < -0.39 is 18.1 Å². The first-order valence-corrected chi connectivity index (χ1v) is 12.5. The van der Waals surface area contributed by atoms with Crippen molar-refractivity contribution in [3.05, 3.63) is 59.7 Å². The van der Waals surface area contributed by atoms with Gasteiger partial charge in [0.25, 0.3) is 0 Å². The lowest BCUT2D eigenvalue weighted by molar-refractivity contribution is -0.148. The third kappa shape index (κ3) is 5.66. The third-order valence-corrected chi connectivity index (χ3v) is 7.00. The van der Waals surface area contributed by atoms with Crippen LogP contribution in [0.2, 0.25) is 0 Å². The van der Waals surface area contributed by atoms with Gasteiger partial charge in [-0.1, -0.05) is 62.4 Å². The number of likely N-dealkylation sites (tertiary alicyclic amines) is 1. The Balaban J connectivity index is 1.33. The molecule has 4 rings (SSSR count). The number of amides is 2. The van der Waals surface area contributed by atoms with Gasteiger partial charge in [0.2, 0.25) is 5.91 Å². The molecule has 186 valence electrons. The monoisotopic (exact) mass is 478 g/mol. The van der Waals surface area contributed by atoms with Crippen LogP contribution in [0, 0.1) is 11.8 Å². The lowest BCUT2D eigenvalue weighted by atomic mass is 9.93. The second-order valence-corrected chi connectivity index (χ2v) is 9.99. The first-order chi connectivity index (χ1) is 16.8. The van der Waals surface area contributed by atoms with Crippen molar-refractivity contribution >= 4 is 18.0 Å². The smallest absolute Gasteiger partial charge is 0.407 e. The second kappa shape index (κ2) is 10.9. The molecule has 0 spiro atoms. The maximum absolute atomic E-state index is 12.8. The number of fused-ring (bicyclic) bond motifs is 3. The van der Waals surface area contributed by atoms with Crippen molar-refractivity contribution in [2.75, 3.05) is 19.7 Å². The fraction of sp³-hybridized carbons (Fsp3) is 0.464. The maximum atomic E-state index is 12.8. The molecule has 0 radical (unpaired) electrons. The van der Waals surface area contributed by atoms with Gasteiger partial charge in [0.05, 0.1) is 0 Å². The van der Waals surface area contributed by atoms with E-state index in [-0.39, 0.29) is 30.8 Å². The number of hydrogen-bond acceptors (Lipinski definition) is 4. The maximum Gasteiger partial charge on any atom is 0.407 e. The quantitative estimate of drug-likeness (QED) is 0.547. The molecule has 2 amide bonds. The van der Waals surface area contributed by atoms with Gasteiger partial charge in [-0.05, 0) is 53.4 Å². The summed E-state index contributed by atoms with van der Waals surface area (Å²) in [6.45, 7) is 5.17. The number of ether oxygens (including phenoxy) is 1. The molecule has 35 heavy (non-hydrogen) atoms. The number of nitrogens with one attached hydrogen (secondary N) is 1. The lowest BCUT2D eigenvalue weighted by Crippen LogP contribution is -2.42. The fourth-order valence-corrected chi connectivity index (χ4v) is 5.47. The Labute approximate surface area is 206 Å². The Morgan fingerprint density at radius 2 is 1.69 bits per heavy atom. The minimum atomic E-state index is -0.951. The van der Waals surface area contributed by atoms with Crippen LogP contribution in [0.3, 0.4) is 0 Å². The number of carboxylic acid groups (broad SMARTS) is 1. The van der Waals surface area contributed by atoms with E-state index in [1.807, 2.05) is 24.3 Å². The van der Waals surface area contributed by atoms with Crippen molar-refractivity contribution in [1.29, 1.82) is 0 Å². The van der Waals surface area contributed by atoms with Crippen LogP contribution < -0.4 is 5.32 Å². The Kier molecular flexibility index (Phi) is 7.73. The normalized spacial score (nSPS) is 17.7. The molecule has 1 aliphatic heterocycles. The second-order valence-electron chi connectivity index (χ2n) is 9.99. The van der Waals surface area contributed by atoms with Crippen molar-refractivity contribution < 1.29 is 24.2 Å². The van der Waals surface area contributed by atoms with E-state index in [1.54, 1.807) is 0 Å². The van der Waals surface area contributed by atoms with E-state index in [0.717, 1.165) is 17.5 Å². The van der Waals surface area contributed by atoms with Crippen LogP contribution in [-0.4, -0.2) is 53.7 Å². The molecule has 1 aliphatic carbocycles. The average Bonchev–Trinajstić information content (AvgIpc) is 3.45. The first-order valence-electron chi connectivity index (χ1n) is 12.5. The number of aliphatic carboxylic acids is 1. The number of hydrogen-bond donors (Lipinski definition) is 2. The number of nitrogens with zero attached hydrogens (tertiary/aromatic N) is 1. The van der Waals surface area contributed by atoms with Gasteiger partial charge in [-0.2, -0.15) is 0 Å². The number of carbonyl (C=O) groups is 3. The average molecular weight is 479 g/mol. The Morgan fingerprint density at radius 3 is 2.29 bits per heavy atom. The predicted molar refractivity (Wildman–Crippen MR) is 133 cm³/mol. The van der Waals surface area contributed by atoms with Crippen molar-refractivity contribution in [2.45, 2.75) is 51.5 Å². The summed E-state index contributed by atoms with van der Waals surface area (Å²) in [6, 6.07) is 15.6. The number of rotatable bonds is 9. The molecule has 1 fully saturated rings. The SMILES string of the molecule is CC(C)CC(CNC(=O)OCC1c2ccccc2-c2ccccc21)CC(=O)N1CCCC1C(=O)O. The Morgan fingerprint density at radius 1 is 1.06 bits per heavy atom. The highest BCUT2D eigenvalue weighted by atomic mass is 16.5. The minimum Gasteiger partial charge on any atom is -0.480 e. The van der Waals surface area contributed by atoms with E-state index in [9.17, 15) is 19.5 Å². The summed E-state index contributed by atoms with van der Waals surface area (Å²) in [7, 11) is 0. The molecule has 0 saturated carbocycles.